The molecular formula is C13H21N7O3. The van der Waals surface area contributed by atoms with Gasteiger partial charge in [-0.15, -0.1) is 0 Å². The molecular weight excluding hydrogens is 302 g/mol. The van der Waals surface area contributed by atoms with Crippen LogP contribution in [-0.4, -0.2) is 74.7 Å². The van der Waals surface area contributed by atoms with Gasteiger partial charge in [-0.2, -0.15) is 0 Å². The molecule has 0 radical (unpaired) electrons. The molecule has 4 atom stereocenters. The lowest BCUT2D eigenvalue weighted by Gasteiger charge is -2.16. The van der Waals surface area contributed by atoms with Gasteiger partial charge in [0.15, 0.2) is 17.7 Å². The molecule has 23 heavy (non-hydrogen) atoms. The molecule has 0 amide bonds. The van der Waals surface area contributed by atoms with Crippen molar-refractivity contribution in [1.82, 2.24) is 30.2 Å². The summed E-state index contributed by atoms with van der Waals surface area (Å²) in [5.74, 6) is 0.257. The first-order valence-electron chi connectivity index (χ1n) is 7.43. The predicted molar refractivity (Wildman–Crippen MR) is 82.5 cm³/mol. The lowest BCUT2D eigenvalue weighted by atomic mass is 10.1. The molecule has 3 rings (SSSR count). The number of nitrogens with one attached hydrogen (secondary N) is 2. The average molecular weight is 323 g/mol. The molecule has 3 heterocycles. The Morgan fingerprint density at radius 2 is 2.09 bits per heavy atom. The molecule has 0 aliphatic carbocycles. The minimum absolute atomic E-state index is 0.257. The number of rotatable bonds is 6. The Kier molecular flexibility index (Phi) is 4.68. The summed E-state index contributed by atoms with van der Waals surface area (Å²) in [6, 6.07) is 0. The number of anilines is 1. The second kappa shape index (κ2) is 6.72. The largest absolute Gasteiger partial charge is 0.387 e. The molecule has 1 fully saturated rings. The fraction of sp³-hybridized carbons (Fsp3) is 0.615. The van der Waals surface area contributed by atoms with E-state index in [0.29, 0.717) is 17.7 Å². The van der Waals surface area contributed by atoms with Crippen LogP contribution in [0.4, 0.5) is 5.82 Å². The molecule has 1 aliphatic rings. The molecule has 126 valence electrons. The number of imidazole rings is 1. The number of hydrogen-bond donors (Lipinski definition) is 5. The Balaban J connectivity index is 1.76. The van der Waals surface area contributed by atoms with E-state index >= 15 is 0 Å². The van der Waals surface area contributed by atoms with Crippen LogP contribution in [0, 0.1) is 0 Å². The highest BCUT2D eigenvalue weighted by Gasteiger charge is 2.44. The molecule has 10 heteroatoms. The number of nitrogens with two attached hydrogens (primary N) is 1. The van der Waals surface area contributed by atoms with Gasteiger partial charge in [-0.05, 0) is 7.05 Å². The smallest absolute Gasteiger partial charge is 0.167 e. The lowest BCUT2D eigenvalue weighted by molar-refractivity contribution is -0.0341. The first kappa shape index (κ1) is 16.0. The van der Waals surface area contributed by atoms with Gasteiger partial charge in [-0.25, -0.2) is 15.0 Å². The van der Waals surface area contributed by atoms with Crippen LogP contribution < -0.4 is 16.4 Å². The van der Waals surface area contributed by atoms with Gasteiger partial charge in [0.1, 0.15) is 30.2 Å². The second-order valence-electron chi connectivity index (χ2n) is 5.44. The van der Waals surface area contributed by atoms with Gasteiger partial charge < -0.3 is 31.3 Å². The molecule has 2 unspecified atom stereocenters. The summed E-state index contributed by atoms with van der Waals surface area (Å²) in [5.41, 5.74) is 6.65. The van der Waals surface area contributed by atoms with E-state index < -0.39 is 24.5 Å². The third kappa shape index (κ3) is 2.99. The van der Waals surface area contributed by atoms with Gasteiger partial charge in [0.2, 0.25) is 0 Å². The molecule has 1 saturated heterocycles. The van der Waals surface area contributed by atoms with Crippen molar-refractivity contribution in [2.75, 3.05) is 32.4 Å². The topological polar surface area (TPSA) is 143 Å². The number of nitrogens with zero attached hydrogens (tertiary/aromatic N) is 4. The van der Waals surface area contributed by atoms with Crippen LogP contribution in [0.15, 0.2) is 12.7 Å². The van der Waals surface area contributed by atoms with E-state index in [0.717, 1.165) is 13.1 Å². The maximum Gasteiger partial charge on any atom is 0.167 e. The van der Waals surface area contributed by atoms with E-state index in [2.05, 4.69) is 25.6 Å². The summed E-state index contributed by atoms with van der Waals surface area (Å²) in [4.78, 5) is 12.2. The van der Waals surface area contributed by atoms with Crippen molar-refractivity contribution in [1.29, 1.82) is 0 Å². The Labute approximate surface area is 132 Å². The molecule has 0 spiro atoms. The minimum atomic E-state index is -1.08. The van der Waals surface area contributed by atoms with Gasteiger partial charge in [0.05, 0.1) is 6.33 Å². The van der Waals surface area contributed by atoms with Crippen LogP contribution in [-0.2, 0) is 4.74 Å². The summed E-state index contributed by atoms with van der Waals surface area (Å²) in [5, 5.41) is 26.7. The van der Waals surface area contributed by atoms with Crippen molar-refractivity contribution in [3.63, 3.8) is 0 Å². The third-order valence-corrected chi connectivity index (χ3v) is 3.90. The number of aromatic nitrogens is 4. The van der Waals surface area contributed by atoms with Crippen LogP contribution in [0.2, 0.25) is 0 Å². The van der Waals surface area contributed by atoms with Gasteiger partial charge in [0.25, 0.3) is 0 Å². The second-order valence-corrected chi connectivity index (χ2v) is 5.44. The summed E-state index contributed by atoms with van der Waals surface area (Å²) < 4.78 is 7.36. The summed E-state index contributed by atoms with van der Waals surface area (Å²) in [6.07, 6.45) is -0.584. The maximum atomic E-state index is 10.3. The summed E-state index contributed by atoms with van der Waals surface area (Å²) in [6.45, 7) is 1.97. The number of nitrogen functional groups attached to an aromatic ring is 1. The Morgan fingerprint density at radius 3 is 2.87 bits per heavy atom. The monoisotopic (exact) mass is 323 g/mol. The molecule has 0 bridgehead atoms. The summed E-state index contributed by atoms with van der Waals surface area (Å²) in [7, 11) is 1.86. The van der Waals surface area contributed by atoms with Gasteiger partial charge >= 0.3 is 0 Å². The van der Waals surface area contributed by atoms with Crippen molar-refractivity contribution in [2.24, 2.45) is 0 Å². The average Bonchev–Trinajstić information content (AvgIpc) is 3.09. The van der Waals surface area contributed by atoms with E-state index in [4.69, 9.17) is 10.5 Å². The first-order chi connectivity index (χ1) is 11.1. The molecule has 10 nitrogen and oxygen atoms in total. The molecule has 6 N–H and O–H groups in total. The highest BCUT2D eigenvalue weighted by Crippen LogP contribution is 2.31. The first-order valence-corrected chi connectivity index (χ1v) is 7.43. The molecule has 1 aliphatic heterocycles. The van der Waals surface area contributed by atoms with Gasteiger partial charge in [-0.1, -0.05) is 0 Å². The molecule has 0 saturated carbocycles. The van der Waals surface area contributed by atoms with Crippen LogP contribution in [0.5, 0.6) is 0 Å². The van der Waals surface area contributed by atoms with E-state index in [1.165, 1.54) is 12.7 Å². The number of hydrogen-bond acceptors (Lipinski definition) is 9. The fourth-order valence-electron chi connectivity index (χ4n) is 2.64. The Hall–Kier alpha value is -1.85. The molecule has 2 aromatic heterocycles. The predicted octanol–water partition coefficient (Wildman–Crippen LogP) is -2.16. The summed E-state index contributed by atoms with van der Waals surface area (Å²) >= 11 is 0. The van der Waals surface area contributed by atoms with E-state index in [1.54, 1.807) is 4.57 Å². The Bertz CT molecular complexity index is 664. The van der Waals surface area contributed by atoms with E-state index in [1.807, 2.05) is 7.05 Å². The normalized spacial score (nSPS) is 27.8. The zero-order valence-corrected chi connectivity index (χ0v) is 12.8. The van der Waals surface area contributed by atoms with Crippen molar-refractivity contribution in [3.05, 3.63) is 12.7 Å². The van der Waals surface area contributed by atoms with Crippen LogP contribution in [0.3, 0.4) is 0 Å². The van der Waals surface area contributed by atoms with Crippen LogP contribution in [0.1, 0.15) is 6.23 Å². The van der Waals surface area contributed by atoms with Crippen molar-refractivity contribution in [2.45, 2.75) is 24.5 Å². The van der Waals surface area contributed by atoms with E-state index in [-0.39, 0.29) is 5.82 Å². The van der Waals surface area contributed by atoms with Crippen LogP contribution >= 0.6 is 0 Å². The zero-order valence-electron chi connectivity index (χ0n) is 12.8. The lowest BCUT2D eigenvalue weighted by Crippen LogP contribution is -2.39. The quantitative estimate of drug-likeness (QED) is 0.375. The number of fused-ring (bicyclic) bond motifs is 1. The van der Waals surface area contributed by atoms with Crippen molar-refractivity contribution in [3.8, 4) is 0 Å². The van der Waals surface area contributed by atoms with E-state index in [9.17, 15) is 10.2 Å². The number of likely N-dealkylation sites (N-methyl/N-ethyl adjacent to an activating group) is 1. The zero-order chi connectivity index (χ0) is 16.4. The SMILES string of the molecule is CNCCNC[C@H]1O[C@@H](n2cnc3c(N)ncnc32)C(O)C1O. The fourth-order valence-corrected chi connectivity index (χ4v) is 2.64. The Morgan fingerprint density at radius 1 is 1.26 bits per heavy atom. The molecule has 2 aromatic rings. The minimum Gasteiger partial charge on any atom is -0.387 e. The maximum absolute atomic E-state index is 10.3. The third-order valence-electron chi connectivity index (χ3n) is 3.90. The number of ether oxygens (including phenoxy) is 1. The van der Waals surface area contributed by atoms with Gasteiger partial charge in [-0.3, -0.25) is 4.57 Å². The standard InChI is InChI=1S/C13H21N7O3/c1-15-2-3-16-4-7-9(21)10(22)13(23-7)20-6-19-8-11(14)17-5-18-12(8)20/h5-7,9-10,13,15-16,21-22H,2-4H2,1H3,(H2,14,17,18)/t7-,9?,10?,13-/m1/s1. The highest BCUT2D eigenvalue weighted by molar-refractivity contribution is 5.81. The van der Waals surface area contributed by atoms with Crippen molar-refractivity contribution < 1.29 is 14.9 Å². The van der Waals surface area contributed by atoms with Crippen molar-refractivity contribution >= 4 is 17.0 Å². The number of aliphatic hydroxyl groups excluding tert-OH is 2. The number of aliphatic hydroxyl groups is 2. The highest BCUT2D eigenvalue weighted by atomic mass is 16.6. The van der Waals surface area contributed by atoms with Crippen LogP contribution in [0.25, 0.3) is 11.2 Å². The van der Waals surface area contributed by atoms with Gasteiger partial charge in [0, 0.05) is 19.6 Å². The molecule has 0 aromatic carbocycles.